The summed E-state index contributed by atoms with van der Waals surface area (Å²) in [6.07, 6.45) is 2.27. The van der Waals surface area contributed by atoms with Gasteiger partial charge in [0.1, 0.15) is 0 Å². The highest BCUT2D eigenvalue weighted by atomic mass is 32.1. The third-order valence-electron chi connectivity index (χ3n) is 5.70. The van der Waals surface area contributed by atoms with Crippen LogP contribution in [-0.2, 0) is 4.74 Å². The van der Waals surface area contributed by atoms with Crippen LogP contribution in [0, 0.1) is 0 Å². The van der Waals surface area contributed by atoms with Crippen molar-refractivity contribution in [3.8, 4) is 0 Å². The Morgan fingerprint density at radius 1 is 1.14 bits per heavy atom. The zero-order chi connectivity index (χ0) is 19.9. The Balaban J connectivity index is 1.29. The molecule has 158 valence electrons. The predicted octanol–water partition coefficient (Wildman–Crippen LogP) is 3.02. The first-order chi connectivity index (χ1) is 14.3. The first-order valence-corrected chi connectivity index (χ1v) is 12.2. The average molecular weight is 434 g/mol. The lowest BCUT2D eigenvalue weighted by atomic mass is 10.1. The quantitative estimate of drug-likeness (QED) is 0.542. The molecule has 0 radical (unpaired) electrons. The van der Waals surface area contributed by atoms with Gasteiger partial charge in [-0.3, -0.25) is 9.89 Å². The average Bonchev–Trinajstić information content (AvgIpc) is 3.49. The summed E-state index contributed by atoms with van der Waals surface area (Å²) in [4.78, 5) is 10.9. The van der Waals surface area contributed by atoms with Gasteiger partial charge in [0.25, 0.3) is 0 Å². The van der Waals surface area contributed by atoms with Crippen LogP contribution in [0.2, 0.25) is 0 Å². The van der Waals surface area contributed by atoms with Crippen molar-refractivity contribution < 1.29 is 4.74 Å². The van der Waals surface area contributed by atoms with Crippen LogP contribution in [0.3, 0.4) is 0 Å². The molecule has 0 saturated carbocycles. The number of anilines is 1. The second-order valence-corrected chi connectivity index (χ2v) is 9.40. The van der Waals surface area contributed by atoms with E-state index >= 15 is 0 Å². The van der Waals surface area contributed by atoms with E-state index in [1.165, 1.54) is 9.88 Å². The van der Waals surface area contributed by atoms with E-state index < -0.39 is 0 Å². The molecule has 1 unspecified atom stereocenters. The van der Waals surface area contributed by atoms with E-state index in [1.807, 2.05) is 29.7 Å². The molecule has 4 rings (SSSR count). The van der Waals surface area contributed by atoms with E-state index in [0.29, 0.717) is 12.1 Å². The smallest absolute Gasteiger partial charge is 0.191 e. The molecule has 0 bridgehead atoms. The molecule has 2 aromatic heterocycles. The number of thiophene rings is 2. The number of hydrogen-bond donors (Lipinski definition) is 2. The van der Waals surface area contributed by atoms with Crippen molar-refractivity contribution in [1.29, 1.82) is 0 Å². The Kier molecular flexibility index (Phi) is 7.43. The largest absolute Gasteiger partial charge is 0.379 e. The van der Waals surface area contributed by atoms with Gasteiger partial charge < -0.3 is 20.3 Å². The summed E-state index contributed by atoms with van der Waals surface area (Å²) >= 11 is 3.66. The Morgan fingerprint density at radius 2 is 1.90 bits per heavy atom. The summed E-state index contributed by atoms with van der Waals surface area (Å²) in [5, 5.41) is 12.9. The van der Waals surface area contributed by atoms with Gasteiger partial charge in [-0.2, -0.15) is 0 Å². The zero-order valence-electron chi connectivity index (χ0n) is 17.0. The van der Waals surface area contributed by atoms with E-state index in [9.17, 15) is 0 Å². The molecule has 0 amide bonds. The lowest BCUT2D eigenvalue weighted by Gasteiger charge is -2.35. The normalized spacial score (nSPS) is 20.6. The second kappa shape index (κ2) is 10.4. The molecule has 2 fully saturated rings. The predicted molar refractivity (Wildman–Crippen MR) is 124 cm³/mol. The maximum atomic E-state index is 5.55. The molecule has 6 nitrogen and oxygen atoms in total. The minimum atomic E-state index is 0.359. The van der Waals surface area contributed by atoms with Gasteiger partial charge in [0.2, 0.25) is 0 Å². The zero-order valence-corrected chi connectivity index (χ0v) is 18.7. The molecule has 0 aromatic carbocycles. The molecule has 1 atom stereocenters. The van der Waals surface area contributed by atoms with Crippen LogP contribution in [0.5, 0.6) is 0 Å². The Labute approximate surface area is 181 Å². The van der Waals surface area contributed by atoms with E-state index in [0.717, 1.165) is 64.7 Å². The first kappa shape index (κ1) is 20.7. The minimum absolute atomic E-state index is 0.359. The molecule has 8 heteroatoms. The molecule has 2 N–H and O–H groups in total. The van der Waals surface area contributed by atoms with E-state index in [-0.39, 0.29) is 0 Å². The number of morpholine rings is 1. The first-order valence-electron chi connectivity index (χ1n) is 10.4. The van der Waals surface area contributed by atoms with Crippen LogP contribution in [0.4, 0.5) is 5.00 Å². The molecule has 0 aliphatic carbocycles. The van der Waals surface area contributed by atoms with Gasteiger partial charge >= 0.3 is 0 Å². The lowest BCUT2D eigenvalue weighted by Crippen LogP contribution is -2.50. The second-order valence-electron chi connectivity index (χ2n) is 7.49. The molecule has 2 aromatic rings. The summed E-state index contributed by atoms with van der Waals surface area (Å²) in [6, 6.07) is 9.56. The fourth-order valence-corrected chi connectivity index (χ4v) is 5.70. The molecular formula is C21H31N5OS2. The van der Waals surface area contributed by atoms with Gasteiger partial charge in [0, 0.05) is 50.7 Å². The third-order valence-corrected chi connectivity index (χ3v) is 7.60. The third kappa shape index (κ3) is 5.51. The number of aliphatic imine (C=N–C) groups is 1. The van der Waals surface area contributed by atoms with Crippen molar-refractivity contribution in [2.75, 3.05) is 57.9 Å². The van der Waals surface area contributed by atoms with Crippen LogP contribution in [-0.4, -0.2) is 69.9 Å². The Hall–Kier alpha value is -1.61. The van der Waals surface area contributed by atoms with Gasteiger partial charge in [-0.15, -0.1) is 22.7 Å². The SMILES string of the molecule is CN=C(NCC(c1cccs1)N1CCOCC1)NC1CCN(c2cccs2)CC1. The van der Waals surface area contributed by atoms with Crippen LogP contribution in [0.15, 0.2) is 40.0 Å². The summed E-state index contributed by atoms with van der Waals surface area (Å²) in [5.74, 6) is 0.911. The standard InChI is InChI=1S/C21H31N5OS2/c1-22-21(24-17-6-8-26(9-7-17)20-5-3-15-29-20)23-16-18(19-4-2-14-28-19)25-10-12-27-13-11-25/h2-5,14-15,17-18H,6-13,16H2,1H3,(H2,22,23,24). The molecular weight excluding hydrogens is 402 g/mol. The van der Waals surface area contributed by atoms with Gasteiger partial charge in [-0.05, 0) is 41.8 Å². The molecule has 2 aliphatic rings. The Bertz CT molecular complexity index is 735. The van der Waals surface area contributed by atoms with Crippen molar-refractivity contribution in [3.63, 3.8) is 0 Å². The van der Waals surface area contributed by atoms with Gasteiger partial charge in [-0.1, -0.05) is 6.07 Å². The highest BCUT2D eigenvalue weighted by Crippen LogP contribution is 2.26. The topological polar surface area (TPSA) is 52.1 Å². The maximum absolute atomic E-state index is 5.55. The Morgan fingerprint density at radius 3 is 2.55 bits per heavy atom. The number of ether oxygens (including phenoxy) is 1. The number of piperidine rings is 1. The number of nitrogens with one attached hydrogen (secondary N) is 2. The van der Waals surface area contributed by atoms with Crippen molar-refractivity contribution in [2.24, 2.45) is 4.99 Å². The van der Waals surface area contributed by atoms with Crippen LogP contribution in [0.25, 0.3) is 0 Å². The highest BCUT2D eigenvalue weighted by Gasteiger charge is 2.25. The van der Waals surface area contributed by atoms with Crippen molar-refractivity contribution in [2.45, 2.75) is 24.9 Å². The molecule has 4 heterocycles. The minimum Gasteiger partial charge on any atom is -0.379 e. The van der Waals surface area contributed by atoms with Crippen LogP contribution < -0.4 is 15.5 Å². The highest BCUT2D eigenvalue weighted by molar-refractivity contribution is 7.14. The van der Waals surface area contributed by atoms with E-state index in [1.54, 1.807) is 0 Å². The maximum Gasteiger partial charge on any atom is 0.191 e. The summed E-state index contributed by atoms with van der Waals surface area (Å²) in [7, 11) is 1.87. The van der Waals surface area contributed by atoms with Crippen LogP contribution in [0.1, 0.15) is 23.8 Å². The van der Waals surface area contributed by atoms with E-state index in [2.05, 4.69) is 60.5 Å². The summed E-state index contributed by atoms with van der Waals surface area (Å²) in [6.45, 7) is 6.65. The summed E-state index contributed by atoms with van der Waals surface area (Å²) in [5.41, 5.74) is 0. The molecule has 29 heavy (non-hydrogen) atoms. The van der Waals surface area contributed by atoms with Gasteiger partial charge in [-0.25, -0.2) is 0 Å². The molecule has 2 aliphatic heterocycles. The fourth-order valence-electron chi connectivity index (χ4n) is 4.06. The lowest BCUT2D eigenvalue weighted by molar-refractivity contribution is 0.0177. The number of guanidine groups is 1. The number of nitrogens with zero attached hydrogens (tertiary/aromatic N) is 3. The van der Waals surface area contributed by atoms with Crippen molar-refractivity contribution >= 4 is 33.6 Å². The van der Waals surface area contributed by atoms with E-state index in [4.69, 9.17) is 4.74 Å². The van der Waals surface area contributed by atoms with Gasteiger partial charge in [0.05, 0.1) is 24.3 Å². The van der Waals surface area contributed by atoms with Crippen molar-refractivity contribution in [1.82, 2.24) is 15.5 Å². The number of hydrogen-bond acceptors (Lipinski definition) is 6. The van der Waals surface area contributed by atoms with Crippen molar-refractivity contribution in [3.05, 3.63) is 39.9 Å². The molecule has 0 spiro atoms. The summed E-state index contributed by atoms with van der Waals surface area (Å²) < 4.78 is 5.55. The number of rotatable bonds is 6. The molecule has 2 saturated heterocycles. The van der Waals surface area contributed by atoms with Crippen LogP contribution >= 0.6 is 22.7 Å². The fraction of sp³-hybridized carbons (Fsp3) is 0.571. The van der Waals surface area contributed by atoms with Gasteiger partial charge in [0.15, 0.2) is 5.96 Å². The monoisotopic (exact) mass is 433 g/mol.